The summed E-state index contributed by atoms with van der Waals surface area (Å²) in [7, 11) is 1.44. The van der Waals surface area contributed by atoms with Crippen LogP contribution in [0.3, 0.4) is 0 Å². The van der Waals surface area contributed by atoms with Gasteiger partial charge in [-0.1, -0.05) is 30.7 Å². The van der Waals surface area contributed by atoms with Crippen molar-refractivity contribution in [1.82, 2.24) is 10.2 Å². The number of ether oxygens (including phenoxy) is 2. The van der Waals surface area contributed by atoms with E-state index < -0.39 is 30.1 Å². The van der Waals surface area contributed by atoms with E-state index in [4.69, 9.17) is 21.1 Å². The Hall–Kier alpha value is -3.40. The molecule has 0 fully saturated rings. The number of nitrogens with zero attached hydrogens (tertiary/aromatic N) is 1. The first-order chi connectivity index (χ1) is 17.8. The molecule has 2 aliphatic rings. The number of benzene rings is 2. The fraction of sp³-hybridized carbons (Fsp3) is 0.370. The number of carbonyl (C=O) groups excluding carboxylic acids is 3. The lowest BCUT2D eigenvalue weighted by atomic mass is 9.77. The van der Waals surface area contributed by atoms with Gasteiger partial charge in [0.15, 0.2) is 11.5 Å². The Bertz CT molecular complexity index is 1210. The Morgan fingerprint density at radius 3 is 2.59 bits per heavy atom. The lowest BCUT2D eigenvalue weighted by molar-refractivity contribution is -0.137. The van der Waals surface area contributed by atoms with Crippen molar-refractivity contribution in [3.63, 3.8) is 0 Å². The van der Waals surface area contributed by atoms with Crippen LogP contribution in [0.2, 0.25) is 5.02 Å². The van der Waals surface area contributed by atoms with Crippen LogP contribution in [0.25, 0.3) is 0 Å². The van der Waals surface area contributed by atoms with E-state index in [0.29, 0.717) is 33.9 Å². The fourth-order valence-electron chi connectivity index (χ4n) is 4.91. The summed E-state index contributed by atoms with van der Waals surface area (Å²) in [6.07, 6.45) is 0.316. The molecule has 1 aliphatic carbocycles. The molecule has 0 bridgehead atoms. The molecule has 2 amide bonds. The van der Waals surface area contributed by atoms with E-state index in [9.17, 15) is 24.6 Å². The molecule has 0 radical (unpaired) electrons. The van der Waals surface area contributed by atoms with Gasteiger partial charge in [0.2, 0.25) is 11.8 Å². The van der Waals surface area contributed by atoms with Gasteiger partial charge < -0.3 is 29.9 Å². The highest BCUT2D eigenvalue weighted by Crippen LogP contribution is 2.51. The second-order valence-electron chi connectivity index (χ2n) is 8.90. The standard InChI is InChI=1S/C27H29ClN2O7/c1-3-22(33)30(13-15-4-6-17(28)7-5-15)20-12-19(27(35)29-8-9-31)23-18-10-16(14-32)11-21(36-2)25(18)37-26(23)24(20)34/h4-7,10-12,14,20,23-24,26,31,34H,3,8-9,13H2,1-2H3,(H,29,35). The summed E-state index contributed by atoms with van der Waals surface area (Å²) in [6, 6.07) is 9.27. The van der Waals surface area contributed by atoms with Crippen LogP contribution >= 0.6 is 11.6 Å². The van der Waals surface area contributed by atoms with Gasteiger partial charge in [-0.05, 0) is 35.9 Å². The van der Waals surface area contributed by atoms with Crippen molar-refractivity contribution in [2.75, 3.05) is 20.3 Å². The van der Waals surface area contributed by atoms with Crippen molar-refractivity contribution in [3.05, 3.63) is 69.8 Å². The highest BCUT2D eigenvalue weighted by atomic mass is 35.5. The molecule has 4 rings (SSSR count). The maximum atomic E-state index is 13.3. The number of hydrogen-bond donors (Lipinski definition) is 3. The van der Waals surface area contributed by atoms with Crippen LogP contribution in [0.4, 0.5) is 0 Å². The molecular formula is C27H29ClN2O7. The first-order valence-corrected chi connectivity index (χ1v) is 12.4. The van der Waals surface area contributed by atoms with Crippen molar-refractivity contribution >= 4 is 29.7 Å². The second-order valence-corrected chi connectivity index (χ2v) is 9.34. The predicted octanol–water partition coefficient (Wildman–Crippen LogP) is 2.22. The highest BCUT2D eigenvalue weighted by Gasteiger charge is 2.51. The lowest BCUT2D eigenvalue weighted by Crippen LogP contribution is -2.55. The quantitative estimate of drug-likeness (QED) is 0.426. The van der Waals surface area contributed by atoms with E-state index >= 15 is 0 Å². The average molecular weight is 529 g/mol. The molecule has 37 heavy (non-hydrogen) atoms. The summed E-state index contributed by atoms with van der Waals surface area (Å²) in [5, 5.41) is 24.0. The largest absolute Gasteiger partial charge is 0.493 e. The predicted molar refractivity (Wildman–Crippen MR) is 136 cm³/mol. The minimum absolute atomic E-state index is 0.0224. The first kappa shape index (κ1) is 26.7. The van der Waals surface area contributed by atoms with Crippen LogP contribution in [0, 0.1) is 0 Å². The topological polar surface area (TPSA) is 125 Å². The van der Waals surface area contributed by atoms with Gasteiger partial charge in [0.25, 0.3) is 0 Å². The third-order valence-corrected chi connectivity index (χ3v) is 6.91. The maximum Gasteiger partial charge on any atom is 0.247 e. The maximum absolute atomic E-state index is 13.3. The number of nitrogens with one attached hydrogen (secondary N) is 1. The molecule has 10 heteroatoms. The van der Waals surface area contributed by atoms with Gasteiger partial charge in [0.1, 0.15) is 18.5 Å². The lowest BCUT2D eigenvalue weighted by Gasteiger charge is -2.40. The number of halogens is 1. The zero-order valence-electron chi connectivity index (χ0n) is 20.5. The molecule has 1 heterocycles. The molecule has 0 saturated heterocycles. The number of aliphatic hydroxyl groups is 2. The van der Waals surface area contributed by atoms with Crippen molar-refractivity contribution in [2.45, 2.75) is 44.1 Å². The molecule has 1 aliphatic heterocycles. The molecule has 4 atom stereocenters. The minimum Gasteiger partial charge on any atom is -0.493 e. The van der Waals surface area contributed by atoms with Crippen LogP contribution in [-0.4, -0.2) is 71.7 Å². The van der Waals surface area contributed by atoms with Crippen LogP contribution < -0.4 is 14.8 Å². The van der Waals surface area contributed by atoms with E-state index in [-0.39, 0.29) is 37.6 Å². The molecule has 196 valence electrons. The van der Waals surface area contributed by atoms with E-state index in [2.05, 4.69) is 5.32 Å². The highest BCUT2D eigenvalue weighted by molar-refractivity contribution is 6.30. The first-order valence-electron chi connectivity index (χ1n) is 12.0. The summed E-state index contributed by atoms with van der Waals surface area (Å²) >= 11 is 6.02. The average Bonchev–Trinajstić information content (AvgIpc) is 3.31. The zero-order valence-corrected chi connectivity index (χ0v) is 21.3. The van der Waals surface area contributed by atoms with Crippen LogP contribution in [-0.2, 0) is 16.1 Å². The zero-order chi connectivity index (χ0) is 26.7. The molecule has 9 nitrogen and oxygen atoms in total. The van der Waals surface area contributed by atoms with Crippen molar-refractivity contribution in [1.29, 1.82) is 0 Å². The van der Waals surface area contributed by atoms with Crippen LogP contribution in [0.5, 0.6) is 11.5 Å². The molecule has 0 spiro atoms. The number of aldehydes is 1. The number of carbonyl (C=O) groups is 3. The molecule has 0 aromatic heterocycles. The molecule has 3 N–H and O–H groups in total. The number of fused-ring (bicyclic) bond motifs is 3. The Labute approximate surface area is 219 Å². The van der Waals surface area contributed by atoms with Crippen molar-refractivity contribution in [3.8, 4) is 11.5 Å². The second kappa shape index (κ2) is 11.3. The molecule has 0 saturated carbocycles. The summed E-state index contributed by atoms with van der Waals surface area (Å²) in [5.74, 6) is -0.781. The van der Waals surface area contributed by atoms with E-state index in [1.54, 1.807) is 43.3 Å². The summed E-state index contributed by atoms with van der Waals surface area (Å²) in [4.78, 5) is 39.5. The van der Waals surface area contributed by atoms with Gasteiger partial charge >= 0.3 is 0 Å². The van der Waals surface area contributed by atoms with Gasteiger partial charge in [-0.2, -0.15) is 0 Å². The summed E-state index contributed by atoms with van der Waals surface area (Å²) in [5.41, 5.74) is 1.92. The Morgan fingerprint density at radius 1 is 1.24 bits per heavy atom. The van der Waals surface area contributed by atoms with E-state index in [1.165, 1.54) is 18.1 Å². The Balaban J connectivity index is 1.81. The Kier molecular flexibility index (Phi) is 8.16. The minimum atomic E-state index is -1.20. The monoisotopic (exact) mass is 528 g/mol. The third kappa shape index (κ3) is 5.20. The summed E-state index contributed by atoms with van der Waals surface area (Å²) in [6.45, 7) is 1.67. The SMILES string of the molecule is CCC(=O)N(Cc1ccc(Cl)cc1)C1C=C(C(=O)NCCO)C2c3cc(C=O)cc(OC)c3OC2C1O. The Morgan fingerprint density at radius 2 is 1.97 bits per heavy atom. The van der Waals surface area contributed by atoms with Gasteiger partial charge in [-0.3, -0.25) is 14.4 Å². The molecular weight excluding hydrogens is 500 g/mol. The number of methoxy groups -OCH3 is 1. The van der Waals surface area contributed by atoms with Gasteiger partial charge in [-0.15, -0.1) is 0 Å². The molecule has 2 aromatic carbocycles. The van der Waals surface area contributed by atoms with Gasteiger partial charge in [-0.25, -0.2) is 0 Å². The van der Waals surface area contributed by atoms with Gasteiger partial charge in [0.05, 0.1) is 25.7 Å². The summed E-state index contributed by atoms with van der Waals surface area (Å²) < 4.78 is 11.6. The number of aliphatic hydroxyl groups excluding tert-OH is 2. The van der Waals surface area contributed by atoms with Crippen LogP contribution in [0.1, 0.15) is 40.7 Å². The van der Waals surface area contributed by atoms with Crippen LogP contribution in [0.15, 0.2) is 48.0 Å². The third-order valence-electron chi connectivity index (χ3n) is 6.66. The normalized spacial score (nSPS) is 21.7. The molecule has 4 unspecified atom stereocenters. The van der Waals surface area contributed by atoms with Gasteiger partial charge in [0, 0.05) is 41.2 Å². The fourth-order valence-corrected chi connectivity index (χ4v) is 5.03. The van der Waals surface area contributed by atoms with E-state index in [0.717, 1.165) is 5.56 Å². The van der Waals surface area contributed by atoms with E-state index in [1.807, 2.05) is 0 Å². The number of rotatable bonds is 9. The van der Waals surface area contributed by atoms with Crippen molar-refractivity contribution in [2.24, 2.45) is 0 Å². The molecule has 2 aromatic rings. The van der Waals surface area contributed by atoms with Crippen molar-refractivity contribution < 1.29 is 34.1 Å². The number of hydrogen-bond acceptors (Lipinski definition) is 7. The number of amides is 2. The smallest absolute Gasteiger partial charge is 0.247 e.